The van der Waals surface area contributed by atoms with Gasteiger partial charge in [-0.05, 0) is 74.0 Å². The van der Waals surface area contributed by atoms with Crippen LogP contribution in [0.1, 0.15) is 36.8 Å². The van der Waals surface area contributed by atoms with Gasteiger partial charge in [-0.15, -0.1) is 0 Å². The summed E-state index contributed by atoms with van der Waals surface area (Å²) < 4.78 is 11.3. The summed E-state index contributed by atoms with van der Waals surface area (Å²) in [5.41, 5.74) is 7.99. The van der Waals surface area contributed by atoms with E-state index in [1.807, 2.05) is 24.3 Å². The molecule has 1 aliphatic carbocycles. The van der Waals surface area contributed by atoms with Crippen molar-refractivity contribution in [1.29, 1.82) is 0 Å². The number of ether oxygens (including phenoxy) is 2. The van der Waals surface area contributed by atoms with Crippen LogP contribution in [0.15, 0.2) is 77.5 Å². The van der Waals surface area contributed by atoms with Gasteiger partial charge < -0.3 is 25.8 Å². The van der Waals surface area contributed by atoms with E-state index in [1.165, 1.54) is 0 Å². The Labute approximate surface area is 242 Å². The lowest BCUT2D eigenvalue weighted by atomic mass is 9.81. The van der Waals surface area contributed by atoms with Crippen LogP contribution in [-0.4, -0.2) is 35.5 Å². The molecule has 1 saturated carbocycles. The first kappa shape index (κ1) is 29.2. The number of nitrogens with zero attached hydrogens (tertiary/aromatic N) is 1. The third-order valence-electron chi connectivity index (χ3n) is 7.00. The van der Waals surface area contributed by atoms with Crippen LogP contribution in [0.25, 0.3) is 0 Å². The lowest BCUT2D eigenvalue weighted by molar-refractivity contribution is -0.130. The molecule has 9 nitrogen and oxygen atoms in total. The first-order valence-corrected chi connectivity index (χ1v) is 14.1. The van der Waals surface area contributed by atoms with E-state index >= 15 is 0 Å². The first-order valence-electron chi connectivity index (χ1n) is 13.3. The maximum Gasteiger partial charge on any atom is 0.514 e. The summed E-state index contributed by atoms with van der Waals surface area (Å²) in [6, 6.07) is 16.8. The van der Waals surface area contributed by atoms with E-state index in [4.69, 9.17) is 15.2 Å². The Morgan fingerprint density at radius 1 is 0.975 bits per heavy atom. The molecule has 0 saturated heterocycles. The number of carbonyl (C=O) groups excluding carboxylic acids is 3. The minimum Gasteiger partial charge on any atom is -0.429 e. The number of amides is 2. The second-order valence-electron chi connectivity index (χ2n) is 9.82. The van der Waals surface area contributed by atoms with E-state index in [0.717, 1.165) is 41.3 Å². The third-order valence-corrected chi connectivity index (χ3v) is 7.77. The SMILES string of the molecule is NCC1CCC(C(=O)N[C@@H](Cc2ccc(OC(=O)OCc3ccccc3Br)cc2)C(=O)Nc2ccncc2)CC1. The molecule has 1 aliphatic rings. The fourth-order valence-corrected chi connectivity index (χ4v) is 5.03. The predicted molar refractivity (Wildman–Crippen MR) is 154 cm³/mol. The molecule has 1 heterocycles. The summed E-state index contributed by atoms with van der Waals surface area (Å²) in [7, 11) is 0. The zero-order chi connectivity index (χ0) is 28.3. The van der Waals surface area contributed by atoms with Crippen molar-refractivity contribution in [1.82, 2.24) is 10.3 Å². The number of nitrogens with two attached hydrogens (primary N) is 1. The number of carbonyl (C=O) groups is 3. The summed E-state index contributed by atoms with van der Waals surface area (Å²) in [6.07, 6.45) is 5.95. The van der Waals surface area contributed by atoms with Crippen molar-refractivity contribution in [2.24, 2.45) is 17.6 Å². The van der Waals surface area contributed by atoms with Crippen LogP contribution in [0.5, 0.6) is 5.75 Å². The summed E-state index contributed by atoms with van der Waals surface area (Å²) in [5.74, 6) is 0.161. The van der Waals surface area contributed by atoms with Gasteiger partial charge in [-0.25, -0.2) is 4.79 Å². The van der Waals surface area contributed by atoms with Gasteiger partial charge in [0.05, 0.1) is 0 Å². The van der Waals surface area contributed by atoms with Crippen molar-refractivity contribution in [2.45, 2.75) is 44.8 Å². The van der Waals surface area contributed by atoms with Crippen molar-refractivity contribution >= 4 is 39.6 Å². The molecule has 40 heavy (non-hydrogen) atoms. The average molecular weight is 610 g/mol. The zero-order valence-electron chi connectivity index (χ0n) is 22.1. The molecule has 3 aromatic rings. The van der Waals surface area contributed by atoms with Gasteiger partial charge in [-0.1, -0.05) is 46.3 Å². The molecule has 0 aliphatic heterocycles. The molecule has 0 spiro atoms. The first-order chi connectivity index (χ1) is 19.4. The van der Waals surface area contributed by atoms with Crippen molar-refractivity contribution < 1.29 is 23.9 Å². The highest BCUT2D eigenvalue weighted by Crippen LogP contribution is 2.28. The van der Waals surface area contributed by atoms with Crippen molar-refractivity contribution in [3.63, 3.8) is 0 Å². The highest BCUT2D eigenvalue weighted by atomic mass is 79.9. The van der Waals surface area contributed by atoms with Gasteiger partial charge in [0.15, 0.2) is 0 Å². The van der Waals surface area contributed by atoms with Crippen molar-refractivity contribution in [2.75, 3.05) is 11.9 Å². The Bertz CT molecular complexity index is 1280. The molecule has 2 amide bonds. The number of benzene rings is 2. The van der Waals surface area contributed by atoms with Crippen molar-refractivity contribution in [3.05, 3.63) is 88.7 Å². The highest BCUT2D eigenvalue weighted by Gasteiger charge is 2.29. The maximum absolute atomic E-state index is 13.2. The van der Waals surface area contributed by atoms with Crippen molar-refractivity contribution in [3.8, 4) is 5.75 Å². The molecule has 1 fully saturated rings. The summed E-state index contributed by atoms with van der Waals surface area (Å²) in [5, 5.41) is 5.82. The van der Waals surface area contributed by atoms with E-state index < -0.39 is 12.2 Å². The number of aromatic nitrogens is 1. The molecule has 0 unspecified atom stereocenters. The summed E-state index contributed by atoms with van der Waals surface area (Å²) >= 11 is 3.42. The number of anilines is 1. The fraction of sp³-hybridized carbons (Fsp3) is 0.333. The smallest absolute Gasteiger partial charge is 0.429 e. The average Bonchev–Trinajstić information content (AvgIpc) is 2.98. The molecule has 0 bridgehead atoms. The molecule has 210 valence electrons. The van der Waals surface area contributed by atoms with Crippen LogP contribution in [0.4, 0.5) is 10.5 Å². The minimum absolute atomic E-state index is 0.0696. The third kappa shape index (κ3) is 8.62. The molecule has 0 radical (unpaired) electrons. The molecule has 1 aromatic heterocycles. The van der Waals surface area contributed by atoms with Crippen LogP contribution in [0.2, 0.25) is 0 Å². The Morgan fingerprint density at radius 3 is 2.35 bits per heavy atom. The fourth-order valence-electron chi connectivity index (χ4n) is 4.63. The van der Waals surface area contributed by atoms with E-state index in [-0.39, 0.29) is 30.8 Å². The van der Waals surface area contributed by atoms with E-state index in [0.29, 0.717) is 23.9 Å². The molecule has 10 heteroatoms. The topological polar surface area (TPSA) is 133 Å². The van der Waals surface area contributed by atoms with Gasteiger partial charge in [-0.2, -0.15) is 0 Å². The molecular formula is C30H33BrN4O5. The number of pyridine rings is 1. The van der Waals surface area contributed by atoms with Gasteiger partial charge in [-0.3, -0.25) is 14.6 Å². The van der Waals surface area contributed by atoms with E-state index in [1.54, 1.807) is 48.8 Å². The Kier molecular flexibility index (Phi) is 10.7. The van der Waals surface area contributed by atoms with Crippen LogP contribution < -0.4 is 21.1 Å². The molecule has 2 aromatic carbocycles. The Morgan fingerprint density at radius 2 is 1.68 bits per heavy atom. The number of hydrogen-bond donors (Lipinski definition) is 3. The lowest BCUT2D eigenvalue weighted by Crippen LogP contribution is -2.48. The van der Waals surface area contributed by atoms with Crippen LogP contribution in [-0.2, 0) is 27.4 Å². The van der Waals surface area contributed by atoms with Gasteiger partial charge in [0, 0.05) is 40.5 Å². The Hall–Kier alpha value is -3.76. The highest BCUT2D eigenvalue weighted by molar-refractivity contribution is 9.10. The monoisotopic (exact) mass is 608 g/mol. The standard InChI is InChI=1S/C30H33BrN4O5/c31-26-4-2-1-3-23(26)19-39-30(38)40-25-11-7-20(8-12-25)17-27(29(37)34-24-13-15-33-16-14-24)35-28(36)22-9-5-21(18-32)6-10-22/h1-4,7-8,11-16,21-22,27H,5-6,9-10,17-19,32H2,(H,35,36)(H,33,34,37)/t21?,22?,27-/m0/s1. The molecule has 4 N–H and O–H groups in total. The second-order valence-corrected chi connectivity index (χ2v) is 10.7. The van der Waals surface area contributed by atoms with Gasteiger partial charge in [0.2, 0.25) is 11.8 Å². The quantitative estimate of drug-likeness (QED) is 0.218. The lowest BCUT2D eigenvalue weighted by Gasteiger charge is -2.28. The number of hydrogen-bond acceptors (Lipinski definition) is 7. The zero-order valence-corrected chi connectivity index (χ0v) is 23.6. The largest absolute Gasteiger partial charge is 0.514 e. The van der Waals surface area contributed by atoms with Crippen LogP contribution in [0.3, 0.4) is 0 Å². The van der Waals surface area contributed by atoms with Crippen LogP contribution in [0, 0.1) is 11.8 Å². The number of nitrogens with one attached hydrogen (secondary N) is 2. The molecular weight excluding hydrogens is 576 g/mol. The predicted octanol–water partition coefficient (Wildman–Crippen LogP) is 4.99. The minimum atomic E-state index is -0.824. The number of rotatable bonds is 10. The maximum atomic E-state index is 13.2. The molecule has 4 rings (SSSR count). The normalized spacial score (nSPS) is 17.4. The summed E-state index contributed by atoms with van der Waals surface area (Å²) in [4.78, 5) is 42.4. The van der Waals surface area contributed by atoms with Gasteiger partial charge in [0.25, 0.3) is 0 Å². The van der Waals surface area contributed by atoms with Crippen LogP contribution >= 0.6 is 15.9 Å². The van der Waals surface area contributed by atoms with E-state index in [9.17, 15) is 14.4 Å². The summed E-state index contributed by atoms with van der Waals surface area (Å²) in [6.45, 7) is 0.702. The Balaban J connectivity index is 1.37. The molecule has 1 atom stereocenters. The van der Waals surface area contributed by atoms with E-state index in [2.05, 4.69) is 31.5 Å². The number of halogens is 1. The van der Waals surface area contributed by atoms with Gasteiger partial charge in [0.1, 0.15) is 18.4 Å². The second kappa shape index (κ2) is 14.6. The van der Waals surface area contributed by atoms with Gasteiger partial charge >= 0.3 is 6.16 Å².